The smallest absolute Gasteiger partial charge is 0.123 e. The van der Waals surface area contributed by atoms with Crippen LogP contribution in [0.2, 0.25) is 0 Å². The number of nitrogens with one attached hydrogen (secondary N) is 1. The van der Waals surface area contributed by atoms with E-state index in [1.165, 1.54) is 25.9 Å². The van der Waals surface area contributed by atoms with Gasteiger partial charge in [0.15, 0.2) is 0 Å². The summed E-state index contributed by atoms with van der Waals surface area (Å²) in [6.45, 7) is 4.61. The molecule has 104 valence electrons. The molecule has 0 aliphatic carbocycles. The highest BCUT2D eigenvalue weighted by Gasteiger charge is 2.12. The maximum atomic E-state index is 7.48. The van der Waals surface area contributed by atoms with Crippen molar-refractivity contribution in [2.45, 2.75) is 12.8 Å². The minimum Gasteiger partial charge on any atom is -0.384 e. The molecule has 0 spiro atoms. The molecule has 0 aromatic heterocycles. The number of nitrogens with zero attached hydrogens (tertiary/aromatic N) is 2. The number of benzene rings is 1. The van der Waals surface area contributed by atoms with Crippen LogP contribution in [0.3, 0.4) is 0 Å². The Labute approximate surface area is 123 Å². The van der Waals surface area contributed by atoms with Gasteiger partial charge in [-0.3, -0.25) is 5.41 Å². The topological polar surface area (TPSA) is 56.4 Å². The summed E-state index contributed by atoms with van der Waals surface area (Å²) >= 11 is 3.48. The second-order valence-corrected chi connectivity index (χ2v) is 5.90. The Morgan fingerprint density at radius 1 is 1.42 bits per heavy atom. The van der Waals surface area contributed by atoms with Gasteiger partial charge in [-0.1, -0.05) is 0 Å². The fourth-order valence-corrected chi connectivity index (χ4v) is 2.97. The third-order valence-electron chi connectivity index (χ3n) is 3.63. The number of rotatable bonds is 5. The molecule has 0 unspecified atom stereocenters. The van der Waals surface area contributed by atoms with E-state index in [9.17, 15) is 0 Å². The highest BCUT2D eigenvalue weighted by atomic mass is 79.9. The summed E-state index contributed by atoms with van der Waals surface area (Å²) in [6, 6.07) is 5.94. The Hall–Kier alpha value is -1.07. The fraction of sp³-hybridized carbons (Fsp3) is 0.500. The third kappa shape index (κ3) is 3.70. The van der Waals surface area contributed by atoms with Gasteiger partial charge in [-0.05, 0) is 60.1 Å². The number of nitrogens with two attached hydrogens (primary N) is 1. The second kappa shape index (κ2) is 6.39. The number of anilines is 1. The van der Waals surface area contributed by atoms with Gasteiger partial charge in [-0.25, -0.2) is 0 Å². The van der Waals surface area contributed by atoms with E-state index in [-0.39, 0.29) is 5.84 Å². The molecule has 3 N–H and O–H groups in total. The molecule has 1 saturated heterocycles. The molecular formula is C14H21BrN4. The molecule has 0 atom stereocenters. The molecule has 0 radical (unpaired) electrons. The van der Waals surface area contributed by atoms with Gasteiger partial charge >= 0.3 is 0 Å². The van der Waals surface area contributed by atoms with Crippen LogP contribution in [-0.2, 0) is 0 Å². The molecular weight excluding hydrogens is 304 g/mol. The van der Waals surface area contributed by atoms with E-state index >= 15 is 0 Å². The van der Waals surface area contributed by atoms with Crippen LogP contribution in [0.5, 0.6) is 0 Å². The molecule has 4 nitrogen and oxygen atoms in total. The van der Waals surface area contributed by atoms with Gasteiger partial charge in [0.25, 0.3) is 0 Å². The lowest BCUT2D eigenvalue weighted by atomic mass is 10.2. The molecule has 19 heavy (non-hydrogen) atoms. The highest BCUT2D eigenvalue weighted by molar-refractivity contribution is 9.10. The number of halogens is 1. The van der Waals surface area contributed by atoms with Gasteiger partial charge in [0, 0.05) is 35.9 Å². The van der Waals surface area contributed by atoms with Crippen molar-refractivity contribution in [2.24, 2.45) is 5.73 Å². The summed E-state index contributed by atoms with van der Waals surface area (Å²) in [4.78, 5) is 4.75. The van der Waals surface area contributed by atoms with Gasteiger partial charge in [-0.15, -0.1) is 0 Å². The zero-order valence-electron chi connectivity index (χ0n) is 11.3. The largest absolute Gasteiger partial charge is 0.384 e. The van der Waals surface area contributed by atoms with Gasteiger partial charge < -0.3 is 15.5 Å². The first-order chi connectivity index (χ1) is 9.08. The summed E-state index contributed by atoms with van der Waals surface area (Å²) in [7, 11) is 2.10. The maximum absolute atomic E-state index is 7.48. The van der Waals surface area contributed by atoms with E-state index in [1.807, 2.05) is 18.2 Å². The summed E-state index contributed by atoms with van der Waals surface area (Å²) in [5.74, 6) is 0.0955. The maximum Gasteiger partial charge on any atom is 0.123 e. The summed E-state index contributed by atoms with van der Waals surface area (Å²) in [6.07, 6.45) is 2.67. The number of nitrogen functional groups attached to an aromatic ring is 1. The number of likely N-dealkylation sites (tertiary alicyclic amines) is 1. The normalized spacial score (nSPS) is 15.7. The first kappa shape index (κ1) is 14.3. The van der Waals surface area contributed by atoms with Crippen LogP contribution in [0, 0.1) is 5.41 Å². The van der Waals surface area contributed by atoms with Crippen LogP contribution in [0.1, 0.15) is 18.4 Å². The van der Waals surface area contributed by atoms with Crippen molar-refractivity contribution in [3.8, 4) is 0 Å². The highest BCUT2D eigenvalue weighted by Crippen LogP contribution is 2.23. The zero-order valence-corrected chi connectivity index (χ0v) is 12.9. The van der Waals surface area contributed by atoms with Crippen LogP contribution >= 0.6 is 15.9 Å². The molecule has 1 fully saturated rings. The predicted molar refractivity (Wildman–Crippen MR) is 84.1 cm³/mol. The molecule has 1 aliphatic heterocycles. The van der Waals surface area contributed by atoms with Crippen molar-refractivity contribution in [2.75, 3.05) is 38.1 Å². The Bertz CT molecular complexity index is 455. The van der Waals surface area contributed by atoms with E-state index in [0.29, 0.717) is 0 Å². The average Bonchev–Trinajstić information content (AvgIpc) is 2.88. The van der Waals surface area contributed by atoms with Gasteiger partial charge in [0.2, 0.25) is 0 Å². The molecule has 2 rings (SSSR count). The zero-order chi connectivity index (χ0) is 13.8. The monoisotopic (exact) mass is 324 g/mol. The molecule has 1 aliphatic rings. The number of amidine groups is 1. The molecule has 0 bridgehead atoms. The second-order valence-electron chi connectivity index (χ2n) is 5.05. The van der Waals surface area contributed by atoms with Crippen LogP contribution in [0.25, 0.3) is 0 Å². The third-order valence-corrected chi connectivity index (χ3v) is 4.29. The van der Waals surface area contributed by atoms with E-state index < -0.39 is 0 Å². The first-order valence-corrected chi connectivity index (χ1v) is 7.44. The Morgan fingerprint density at radius 3 is 2.68 bits per heavy atom. The lowest BCUT2D eigenvalue weighted by molar-refractivity contribution is 0.346. The summed E-state index contributed by atoms with van der Waals surface area (Å²) in [5.41, 5.74) is 7.41. The van der Waals surface area contributed by atoms with Crippen molar-refractivity contribution in [1.82, 2.24) is 4.90 Å². The number of hydrogen-bond donors (Lipinski definition) is 2. The molecule has 1 aromatic carbocycles. The van der Waals surface area contributed by atoms with Crippen molar-refractivity contribution in [1.29, 1.82) is 5.41 Å². The van der Waals surface area contributed by atoms with Crippen LogP contribution in [0.15, 0.2) is 22.7 Å². The van der Waals surface area contributed by atoms with E-state index in [2.05, 4.69) is 32.8 Å². The van der Waals surface area contributed by atoms with Gasteiger partial charge in [-0.2, -0.15) is 0 Å². The van der Waals surface area contributed by atoms with Gasteiger partial charge in [0.1, 0.15) is 5.84 Å². The number of hydrogen-bond acceptors (Lipinski definition) is 3. The Balaban J connectivity index is 1.96. The van der Waals surface area contributed by atoms with Crippen molar-refractivity contribution < 1.29 is 0 Å². The van der Waals surface area contributed by atoms with Crippen molar-refractivity contribution in [3.05, 3.63) is 28.2 Å². The van der Waals surface area contributed by atoms with Crippen molar-refractivity contribution >= 4 is 27.5 Å². The number of likely N-dealkylation sites (N-methyl/N-ethyl adjacent to an activating group) is 1. The Morgan fingerprint density at radius 2 is 2.11 bits per heavy atom. The SMILES string of the molecule is CN(CCN1CCCC1)c1ccc(C(=N)N)c(Br)c1. The average molecular weight is 325 g/mol. The molecule has 1 heterocycles. The first-order valence-electron chi connectivity index (χ1n) is 6.65. The lowest BCUT2D eigenvalue weighted by Gasteiger charge is -2.23. The molecule has 5 heteroatoms. The van der Waals surface area contributed by atoms with Crippen LogP contribution in [0.4, 0.5) is 5.69 Å². The quantitative estimate of drug-likeness (QED) is 0.645. The standard InChI is InChI=1S/C14H21BrN4/c1-18(8-9-19-6-2-3-7-19)11-4-5-12(14(16)17)13(15)10-11/h4-5,10H,2-3,6-9H2,1H3,(H3,16,17). The van der Waals surface area contributed by atoms with Gasteiger partial charge in [0.05, 0.1) is 0 Å². The fourth-order valence-electron chi connectivity index (χ4n) is 2.39. The summed E-state index contributed by atoms with van der Waals surface area (Å²) < 4.78 is 0.880. The van der Waals surface area contributed by atoms with E-state index in [1.54, 1.807) is 0 Å². The summed E-state index contributed by atoms with van der Waals surface area (Å²) in [5, 5.41) is 7.48. The molecule has 0 saturated carbocycles. The molecule has 1 aromatic rings. The van der Waals surface area contributed by atoms with Crippen LogP contribution in [-0.4, -0.2) is 44.0 Å². The minimum atomic E-state index is 0.0955. The minimum absolute atomic E-state index is 0.0955. The van der Waals surface area contributed by atoms with Crippen molar-refractivity contribution in [3.63, 3.8) is 0 Å². The molecule has 0 amide bonds. The van der Waals surface area contributed by atoms with E-state index in [4.69, 9.17) is 11.1 Å². The van der Waals surface area contributed by atoms with Crippen LogP contribution < -0.4 is 10.6 Å². The predicted octanol–water partition coefficient (Wildman–Crippen LogP) is 2.27. The lowest BCUT2D eigenvalue weighted by Crippen LogP contribution is -2.31. The van der Waals surface area contributed by atoms with E-state index in [0.717, 1.165) is 28.8 Å². The Kier molecular flexibility index (Phi) is 4.82.